The first-order valence-corrected chi connectivity index (χ1v) is 8.12. The summed E-state index contributed by atoms with van der Waals surface area (Å²) in [6.07, 6.45) is 2.66. The van der Waals surface area contributed by atoms with E-state index in [2.05, 4.69) is 25.9 Å². The summed E-state index contributed by atoms with van der Waals surface area (Å²) in [7, 11) is 0. The summed E-state index contributed by atoms with van der Waals surface area (Å²) < 4.78 is 13.2. The van der Waals surface area contributed by atoms with Gasteiger partial charge in [0.25, 0.3) is 0 Å². The van der Waals surface area contributed by atoms with E-state index < -0.39 is 0 Å². The molecule has 0 aliphatic carbocycles. The van der Waals surface area contributed by atoms with Gasteiger partial charge in [-0.2, -0.15) is 0 Å². The molecule has 0 bridgehead atoms. The van der Waals surface area contributed by atoms with E-state index in [1.807, 2.05) is 13.1 Å². The molecule has 0 aliphatic rings. The molecule has 1 aromatic carbocycles. The minimum absolute atomic E-state index is 0. The molecule has 2 rings (SSSR count). The van der Waals surface area contributed by atoms with Gasteiger partial charge in [-0.05, 0) is 37.1 Å². The Balaban J connectivity index is 0.00000312. The summed E-state index contributed by atoms with van der Waals surface area (Å²) in [6.45, 7) is 6.02. The van der Waals surface area contributed by atoms with Crippen LogP contribution in [0.4, 0.5) is 4.39 Å². The Morgan fingerprint density at radius 1 is 1.24 bits per heavy atom. The average molecular weight is 461 g/mol. The van der Waals surface area contributed by atoms with Crippen molar-refractivity contribution < 1.29 is 9.18 Å². The predicted molar refractivity (Wildman–Crippen MR) is 110 cm³/mol. The smallest absolute Gasteiger partial charge is 0.216 e. The van der Waals surface area contributed by atoms with Crippen LogP contribution < -0.4 is 16.0 Å². The van der Waals surface area contributed by atoms with Crippen LogP contribution in [0.15, 0.2) is 29.4 Å². The molecule has 1 heterocycles. The molecule has 4 N–H and O–H groups in total. The van der Waals surface area contributed by atoms with Gasteiger partial charge >= 0.3 is 0 Å². The summed E-state index contributed by atoms with van der Waals surface area (Å²) in [5.74, 6) is 0.426. The summed E-state index contributed by atoms with van der Waals surface area (Å²) in [5, 5.41) is 10.1. The maximum absolute atomic E-state index is 13.2. The van der Waals surface area contributed by atoms with Crippen LogP contribution in [0.5, 0.6) is 0 Å². The maximum Gasteiger partial charge on any atom is 0.216 e. The number of carbonyl (C=O) groups excluding carboxylic acids is 1. The number of aromatic amines is 1. The van der Waals surface area contributed by atoms with Crippen molar-refractivity contribution in [2.75, 3.05) is 26.2 Å². The lowest BCUT2D eigenvalue weighted by Gasteiger charge is -2.11. The Bertz CT molecular complexity index is 716. The largest absolute Gasteiger partial charge is 0.361 e. The first kappa shape index (κ1) is 21.2. The Morgan fingerprint density at radius 2 is 2.00 bits per heavy atom. The second-order valence-electron chi connectivity index (χ2n) is 5.42. The number of halogens is 2. The Morgan fingerprint density at radius 3 is 2.72 bits per heavy atom. The van der Waals surface area contributed by atoms with E-state index in [0.29, 0.717) is 25.6 Å². The molecule has 0 aliphatic heterocycles. The number of hydrogen-bond acceptors (Lipinski definition) is 2. The lowest BCUT2D eigenvalue weighted by atomic mass is 10.1. The lowest BCUT2D eigenvalue weighted by molar-refractivity contribution is -0.118. The first-order valence-electron chi connectivity index (χ1n) is 8.12. The van der Waals surface area contributed by atoms with Gasteiger partial charge in [0.2, 0.25) is 5.91 Å². The van der Waals surface area contributed by atoms with Gasteiger partial charge in [-0.15, -0.1) is 24.0 Å². The standard InChI is InChI=1S/C17H24FN5O.HI/c1-3-19-17(22-9-8-20-12(2)24)21-7-6-13-11-23-16-10-14(18)4-5-15(13)16;/h4-5,10-11,23H,3,6-9H2,1-2H3,(H,20,24)(H2,19,21,22);1H. The molecule has 0 radical (unpaired) electrons. The van der Waals surface area contributed by atoms with Gasteiger partial charge < -0.3 is 20.9 Å². The fraction of sp³-hybridized carbons (Fsp3) is 0.412. The van der Waals surface area contributed by atoms with Crippen molar-refractivity contribution in [1.82, 2.24) is 20.9 Å². The minimum Gasteiger partial charge on any atom is -0.361 e. The topological polar surface area (TPSA) is 81.3 Å². The minimum atomic E-state index is -0.244. The number of H-pyrrole nitrogens is 1. The number of amides is 1. The summed E-state index contributed by atoms with van der Waals surface area (Å²) in [6, 6.07) is 4.75. The molecule has 0 saturated carbocycles. The fourth-order valence-electron chi connectivity index (χ4n) is 2.41. The lowest BCUT2D eigenvalue weighted by Crippen LogP contribution is -2.41. The van der Waals surface area contributed by atoms with E-state index in [1.54, 1.807) is 6.07 Å². The van der Waals surface area contributed by atoms with E-state index in [0.717, 1.165) is 29.4 Å². The Labute approximate surface area is 164 Å². The van der Waals surface area contributed by atoms with E-state index in [1.165, 1.54) is 19.1 Å². The molecule has 6 nitrogen and oxygen atoms in total. The van der Waals surface area contributed by atoms with Crippen molar-refractivity contribution in [3.8, 4) is 0 Å². The number of fused-ring (bicyclic) bond motifs is 1. The highest BCUT2D eigenvalue weighted by atomic mass is 127. The predicted octanol–water partition coefficient (Wildman–Crippen LogP) is 2.16. The van der Waals surface area contributed by atoms with Gasteiger partial charge in [-0.25, -0.2) is 4.39 Å². The van der Waals surface area contributed by atoms with Gasteiger partial charge in [-0.3, -0.25) is 9.79 Å². The number of rotatable bonds is 7. The molecular formula is C17H25FIN5O. The molecule has 0 unspecified atom stereocenters. The molecule has 0 saturated heterocycles. The summed E-state index contributed by atoms with van der Waals surface area (Å²) in [4.78, 5) is 18.4. The zero-order chi connectivity index (χ0) is 17.4. The second-order valence-corrected chi connectivity index (χ2v) is 5.42. The molecule has 1 amide bonds. The van der Waals surface area contributed by atoms with Crippen LogP contribution in [0.3, 0.4) is 0 Å². The molecule has 1 aromatic heterocycles. The van der Waals surface area contributed by atoms with Crippen molar-refractivity contribution in [2.24, 2.45) is 4.99 Å². The van der Waals surface area contributed by atoms with Crippen molar-refractivity contribution in [1.29, 1.82) is 0 Å². The van der Waals surface area contributed by atoms with E-state index in [-0.39, 0.29) is 35.7 Å². The third-order valence-corrected chi connectivity index (χ3v) is 3.52. The van der Waals surface area contributed by atoms with Crippen molar-refractivity contribution >= 4 is 46.7 Å². The van der Waals surface area contributed by atoms with Crippen molar-refractivity contribution in [2.45, 2.75) is 20.3 Å². The Hall–Kier alpha value is -1.84. The van der Waals surface area contributed by atoms with Crippen molar-refractivity contribution in [3.63, 3.8) is 0 Å². The van der Waals surface area contributed by atoms with Crippen LogP contribution in [0, 0.1) is 5.82 Å². The molecule has 2 aromatic rings. The second kappa shape index (κ2) is 10.9. The summed E-state index contributed by atoms with van der Waals surface area (Å²) >= 11 is 0. The third kappa shape index (κ3) is 6.89. The SMILES string of the molecule is CCNC(=NCCc1c[nH]c2cc(F)ccc12)NCCNC(C)=O.I. The molecule has 138 valence electrons. The number of nitrogens with zero attached hydrogens (tertiary/aromatic N) is 1. The van der Waals surface area contributed by atoms with Gasteiger partial charge in [0.15, 0.2) is 5.96 Å². The third-order valence-electron chi connectivity index (χ3n) is 3.52. The number of aliphatic imine (C=N–C) groups is 1. The maximum atomic E-state index is 13.2. The van der Waals surface area contributed by atoms with Crippen LogP contribution in [0.2, 0.25) is 0 Å². The van der Waals surface area contributed by atoms with E-state index >= 15 is 0 Å². The van der Waals surface area contributed by atoms with Gasteiger partial charge in [0.05, 0.1) is 0 Å². The highest BCUT2D eigenvalue weighted by molar-refractivity contribution is 14.0. The molecule has 25 heavy (non-hydrogen) atoms. The number of benzene rings is 1. The van der Waals surface area contributed by atoms with Crippen LogP contribution in [0.1, 0.15) is 19.4 Å². The quantitative estimate of drug-likeness (QED) is 0.221. The number of hydrogen-bond donors (Lipinski definition) is 4. The van der Waals surface area contributed by atoms with Gasteiger partial charge in [0, 0.05) is 50.2 Å². The van der Waals surface area contributed by atoms with Gasteiger partial charge in [-0.1, -0.05) is 0 Å². The summed E-state index contributed by atoms with van der Waals surface area (Å²) in [5.41, 5.74) is 1.91. The van der Waals surface area contributed by atoms with Crippen LogP contribution in [0.25, 0.3) is 10.9 Å². The number of carbonyl (C=O) groups is 1. The molecule has 0 atom stereocenters. The average Bonchev–Trinajstić information content (AvgIpc) is 2.93. The van der Waals surface area contributed by atoms with Crippen molar-refractivity contribution in [3.05, 3.63) is 35.8 Å². The highest BCUT2D eigenvalue weighted by Crippen LogP contribution is 2.19. The molecular weight excluding hydrogens is 436 g/mol. The molecule has 0 spiro atoms. The number of guanidine groups is 1. The number of aromatic nitrogens is 1. The molecule has 8 heteroatoms. The van der Waals surface area contributed by atoms with Crippen LogP contribution in [-0.2, 0) is 11.2 Å². The Kier molecular flexibility index (Phi) is 9.25. The van der Waals surface area contributed by atoms with E-state index in [4.69, 9.17) is 0 Å². The van der Waals surface area contributed by atoms with E-state index in [9.17, 15) is 9.18 Å². The van der Waals surface area contributed by atoms with Gasteiger partial charge in [0.1, 0.15) is 5.82 Å². The van der Waals surface area contributed by atoms with Crippen LogP contribution >= 0.6 is 24.0 Å². The normalized spacial score (nSPS) is 11.1. The number of nitrogens with one attached hydrogen (secondary N) is 4. The molecule has 0 fully saturated rings. The highest BCUT2D eigenvalue weighted by Gasteiger charge is 2.04. The fourth-order valence-corrected chi connectivity index (χ4v) is 2.41. The monoisotopic (exact) mass is 461 g/mol. The zero-order valence-corrected chi connectivity index (χ0v) is 16.8. The zero-order valence-electron chi connectivity index (χ0n) is 14.5. The first-order chi connectivity index (χ1) is 11.6. The van der Waals surface area contributed by atoms with Crippen LogP contribution in [-0.4, -0.2) is 43.0 Å².